The van der Waals surface area contributed by atoms with Crippen molar-refractivity contribution in [3.63, 3.8) is 0 Å². The summed E-state index contributed by atoms with van der Waals surface area (Å²) in [7, 11) is 3.34. The number of primary amides is 1. The first kappa shape index (κ1) is 28.4. The molecule has 0 heterocycles. The molecule has 1 saturated carbocycles. The topological polar surface area (TPSA) is 173 Å². The van der Waals surface area contributed by atoms with Gasteiger partial charge in [-0.3, -0.25) is 14.4 Å². The van der Waals surface area contributed by atoms with Crippen molar-refractivity contribution in [1.82, 2.24) is 5.32 Å². The SMILES string of the molecule is CCC(NCc1cc(N(C)C)c2c(c1O)C(O)=C1C(=O)C3(O)C(O)=C(C(N)=O)C(=O)CC3CC1C2)C(F)(F)F. The second-order valence-electron chi connectivity index (χ2n) is 10.4. The van der Waals surface area contributed by atoms with E-state index in [2.05, 4.69) is 5.32 Å². The minimum Gasteiger partial charge on any atom is -0.508 e. The number of halogens is 3. The summed E-state index contributed by atoms with van der Waals surface area (Å²) in [4.78, 5) is 39.5. The fraction of sp³-hybridized carbons (Fsp3) is 0.500. The number of Topliss-reactive ketones (excluding diaryl/α,β-unsaturated/α-hetero) is 2. The molecule has 0 radical (unpaired) electrons. The number of amides is 1. The lowest BCUT2D eigenvalue weighted by Gasteiger charge is -2.46. The van der Waals surface area contributed by atoms with Gasteiger partial charge >= 0.3 is 6.18 Å². The number of hydrogen-bond acceptors (Lipinski definition) is 9. The van der Waals surface area contributed by atoms with E-state index in [-0.39, 0.29) is 36.0 Å². The lowest BCUT2D eigenvalue weighted by Crippen LogP contribution is -2.58. The highest BCUT2D eigenvalue weighted by atomic mass is 19.4. The van der Waals surface area contributed by atoms with Gasteiger partial charge in [0.05, 0.1) is 5.56 Å². The number of nitrogens with two attached hydrogens (primary N) is 1. The molecule has 1 aromatic carbocycles. The second kappa shape index (κ2) is 9.56. The number of aliphatic hydroxyl groups is 3. The van der Waals surface area contributed by atoms with Gasteiger partial charge in [0.25, 0.3) is 5.91 Å². The Morgan fingerprint density at radius 2 is 1.87 bits per heavy atom. The summed E-state index contributed by atoms with van der Waals surface area (Å²) in [6, 6.07) is -0.345. The number of nitrogens with one attached hydrogen (secondary N) is 1. The maximum Gasteiger partial charge on any atom is 0.403 e. The van der Waals surface area contributed by atoms with Crippen LogP contribution in [-0.4, -0.2) is 69.8 Å². The van der Waals surface area contributed by atoms with Crippen LogP contribution in [0.1, 0.15) is 42.9 Å². The Bertz CT molecular complexity index is 1330. The normalized spacial score (nSPS) is 25.7. The van der Waals surface area contributed by atoms with E-state index in [0.717, 1.165) is 0 Å². The van der Waals surface area contributed by atoms with Crippen molar-refractivity contribution in [2.75, 3.05) is 19.0 Å². The standard InChI is InChI=1S/C26H30F3N3O7/c1-4-16(26(27,28)29)31-9-11-7-14(32(2)3)13-6-10-5-12-8-15(33)19(24(30)38)23(37)25(12,39)22(36)17(10)21(35)18(13)20(11)34/h7,10,12,16,31,34-35,37,39H,4-6,8-9H2,1-3H3,(H2,30,38). The predicted octanol–water partition coefficient (Wildman–Crippen LogP) is 1.92. The minimum atomic E-state index is -4.53. The zero-order valence-corrected chi connectivity index (χ0v) is 21.5. The van der Waals surface area contributed by atoms with E-state index >= 15 is 0 Å². The van der Waals surface area contributed by atoms with Gasteiger partial charge in [-0.1, -0.05) is 6.92 Å². The van der Waals surface area contributed by atoms with Crippen LogP contribution in [0, 0.1) is 11.8 Å². The molecule has 7 N–H and O–H groups in total. The van der Waals surface area contributed by atoms with Gasteiger partial charge in [0.2, 0.25) is 5.78 Å². The summed E-state index contributed by atoms with van der Waals surface area (Å²) >= 11 is 0. The molecule has 1 amide bonds. The molecule has 4 unspecified atom stereocenters. The molecule has 0 aliphatic heterocycles. The number of phenolic OH excluding ortho intramolecular Hbond substituents is 1. The Balaban J connectivity index is 1.86. The third-order valence-electron chi connectivity index (χ3n) is 7.94. The molecule has 10 nitrogen and oxygen atoms in total. The number of nitrogens with zero attached hydrogens (tertiary/aromatic N) is 1. The van der Waals surface area contributed by atoms with Crippen LogP contribution in [0.2, 0.25) is 0 Å². The zero-order chi connectivity index (χ0) is 29.2. The van der Waals surface area contributed by atoms with Crippen LogP contribution in [-0.2, 0) is 27.3 Å². The minimum absolute atomic E-state index is 0.0242. The number of ketones is 2. The fourth-order valence-corrected chi connectivity index (χ4v) is 5.98. The van der Waals surface area contributed by atoms with Gasteiger partial charge in [0, 0.05) is 49.8 Å². The van der Waals surface area contributed by atoms with Crippen LogP contribution in [0.3, 0.4) is 0 Å². The molecule has 0 aromatic heterocycles. The van der Waals surface area contributed by atoms with Gasteiger partial charge < -0.3 is 36.4 Å². The molecule has 13 heteroatoms. The number of aromatic hydroxyl groups is 1. The third kappa shape index (κ3) is 4.33. The summed E-state index contributed by atoms with van der Waals surface area (Å²) in [5, 5.41) is 46.8. The van der Waals surface area contributed by atoms with Crippen molar-refractivity contribution in [3.05, 3.63) is 39.7 Å². The number of hydrogen-bond donors (Lipinski definition) is 6. The Labute approximate surface area is 221 Å². The molecule has 0 bridgehead atoms. The van der Waals surface area contributed by atoms with Crippen molar-refractivity contribution in [2.24, 2.45) is 17.6 Å². The zero-order valence-electron chi connectivity index (χ0n) is 21.5. The molecule has 212 valence electrons. The summed E-state index contributed by atoms with van der Waals surface area (Å²) in [5.41, 5.74) is 2.05. The highest BCUT2D eigenvalue weighted by Gasteiger charge is 2.60. The Kier molecular flexibility index (Phi) is 6.97. The van der Waals surface area contributed by atoms with Crippen LogP contribution in [0.25, 0.3) is 5.76 Å². The van der Waals surface area contributed by atoms with Crippen LogP contribution in [0.4, 0.5) is 18.9 Å². The number of anilines is 1. The van der Waals surface area contributed by atoms with Gasteiger partial charge in [-0.05, 0) is 36.8 Å². The largest absolute Gasteiger partial charge is 0.508 e. The van der Waals surface area contributed by atoms with E-state index in [9.17, 15) is 48.0 Å². The smallest absolute Gasteiger partial charge is 0.403 e. The van der Waals surface area contributed by atoms with E-state index in [0.29, 0.717) is 11.3 Å². The molecule has 4 atom stereocenters. The van der Waals surface area contributed by atoms with Gasteiger partial charge in [0.15, 0.2) is 11.4 Å². The first-order chi connectivity index (χ1) is 18.0. The predicted molar refractivity (Wildman–Crippen MR) is 133 cm³/mol. The summed E-state index contributed by atoms with van der Waals surface area (Å²) in [5.74, 6) is -7.52. The molecular weight excluding hydrogens is 523 g/mol. The van der Waals surface area contributed by atoms with Crippen LogP contribution < -0.4 is 16.0 Å². The van der Waals surface area contributed by atoms with Crippen molar-refractivity contribution in [1.29, 1.82) is 0 Å². The Morgan fingerprint density at radius 3 is 2.41 bits per heavy atom. The second-order valence-corrected chi connectivity index (χ2v) is 10.4. The Morgan fingerprint density at radius 1 is 1.23 bits per heavy atom. The lowest BCUT2D eigenvalue weighted by molar-refractivity contribution is -0.156. The number of benzene rings is 1. The quantitative estimate of drug-likeness (QED) is 0.288. The van der Waals surface area contributed by atoms with Gasteiger partial charge in [-0.2, -0.15) is 13.2 Å². The first-order valence-corrected chi connectivity index (χ1v) is 12.4. The third-order valence-corrected chi connectivity index (χ3v) is 7.94. The molecule has 39 heavy (non-hydrogen) atoms. The average Bonchev–Trinajstić information content (AvgIpc) is 2.81. The highest BCUT2D eigenvalue weighted by molar-refractivity contribution is 6.22. The van der Waals surface area contributed by atoms with Crippen molar-refractivity contribution < 1.29 is 48.0 Å². The monoisotopic (exact) mass is 553 g/mol. The number of rotatable bonds is 6. The van der Waals surface area contributed by atoms with Crippen LogP contribution in [0.5, 0.6) is 5.75 Å². The van der Waals surface area contributed by atoms with E-state index < -0.39 is 82.9 Å². The van der Waals surface area contributed by atoms with Crippen LogP contribution >= 0.6 is 0 Å². The van der Waals surface area contributed by atoms with Crippen molar-refractivity contribution in [3.8, 4) is 5.75 Å². The summed E-state index contributed by atoms with van der Waals surface area (Å²) < 4.78 is 39.9. The molecule has 1 fully saturated rings. The number of phenols is 1. The molecule has 3 aliphatic carbocycles. The van der Waals surface area contributed by atoms with Crippen molar-refractivity contribution in [2.45, 2.75) is 57.0 Å². The summed E-state index contributed by atoms with van der Waals surface area (Å²) in [6.45, 7) is 0.954. The van der Waals surface area contributed by atoms with Crippen LogP contribution in [0.15, 0.2) is 23.0 Å². The lowest BCUT2D eigenvalue weighted by atomic mass is 9.59. The summed E-state index contributed by atoms with van der Waals surface area (Å²) in [6.07, 6.45) is -5.15. The molecule has 0 spiro atoms. The van der Waals surface area contributed by atoms with E-state index in [1.54, 1.807) is 19.0 Å². The van der Waals surface area contributed by atoms with E-state index in [1.807, 2.05) is 0 Å². The van der Waals surface area contributed by atoms with E-state index in [4.69, 9.17) is 5.73 Å². The highest BCUT2D eigenvalue weighted by Crippen LogP contribution is 2.53. The molecular formula is C26H30F3N3O7. The molecule has 0 saturated heterocycles. The van der Waals surface area contributed by atoms with E-state index in [1.165, 1.54) is 13.0 Å². The molecule has 1 aromatic rings. The number of alkyl halides is 3. The number of carbonyl (C=O) groups excluding carboxylic acids is 3. The Hall–Kier alpha value is -3.58. The maximum absolute atomic E-state index is 13.6. The average molecular weight is 554 g/mol. The number of fused-ring (bicyclic) bond motifs is 3. The first-order valence-electron chi connectivity index (χ1n) is 12.4. The fourth-order valence-electron chi connectivity index (χ4n) is 5.98. The van der Waals surface area contributed by atoms with Gasteiger partial charge in [-0.15, -0.1) is 0 Å². The van der Waals surface area contributed by atoms with Gasteiger partial charge in [0.1, 0.15) is 28.9 Å². The van der Waals surface area contributed by atoms with Gasteiger partial charge in [-0.25, -0.2) is 0 Å². The number of carbonyl (C=O) groups is 3. The maximum atomic E-state index is 13.6. The van der Waals surface area contributed by atoms with Crippen molar-refractivity contribution >= 4 is 28.9 Å². The molecule has 3 aliphatic rings. The molecule has 4 rings (SSSR count). The number of aliphatic hydroxyl groups excluding tert-OH is 2.